The molecule has 0 unspecified atom stereocenters. The third kappa shape index (κ3) is 2.06. The Kier molecular flexibility index (Phi) is 2.55. The van der Waals surface area contributed by atoms with Gasteiger partial charge in [-0.3, -0.25) is 0 Å². The summed E-state index contributed by atoms with van der Waals surface area (Å²) < 4.78 is 11.6. The largest absolute Gasteiger partial charge is 0.489 e. The molecule has 18 heavy (non-hydrogen) atoms. The van der Waals surface area contributed by atoms with E-state index < -0.39 is 5.60 Å². The van der Waals surface area contributed by atoms with E-state index in [4.69, 9.17) is 21.1 Å². The summed E-state index contributed by atoms with van der Waals surface area (Å²) in [5, 5.41) is 10.5. The van der Waals surface area contributed by atoms with Gasteiger partial charge in [0.05, 0.1) is 23.8 Å². The summed E-state index contributed by atoms with van der Waals surface area (Å²) >= 11 is 6.22. The summed E-state index contributed by atoms with van der Waals surface area (Å²) in [4.78, 5) is 0. The molecule has 0 radical (unpaired) electrons. The number of benzene rings is 1. The Morgan fingerprint density at radius 1 is 1.22 bits per heavy atom. The van der Waals surface area contributed by atoms with Gasteiger partial charge in [0, 0.05) is 5.41 Å². The molecule has 1 heterocycles. The Labute approximate surface area is 112 Å². The first-order chi connectivity index (χ1) is 8.40. The fourth-order valence-corrected chi connectivity index (χ4v) is 2.40. The number of fused-ring (bicyclic) bond motifs is 1. The zero-order valence-electron chi connectivity index (χ0n) is 10.6. The Hall–Kier alpha value is -0.930. The van der Waals surface area contributed by atoms with E-state index in [0.29, 0.717) is 29.7 Å². The Bertz CT molecular complexity index is 487. The molecule has 0 aromatic heterocycles. The van der Waals surface area contributed by atoms with Gasteiger partial charge < -0.3 is 14.6 Å². The maximum atomic E-state index is 10.0. The van der Waals surface area contributed by atoms with Crippen LogP contribution in [-0.4, -0.2) is 18.3 Å². The number of aliphatic hydroxyl groups is 1. The van der Waals surface area contributed by atoms with Gasteiger partial charge in [-0.15, -0.1) is 0 Å². The quantitative estimate of drug-likeness (QED) is 0.851. The van der Waals surface area contributed by atoms with E-state index >= 15 is 0 Å². The second kappa shape index (κ2) is 3.78. The highest BCUT2D eigenvalue weighted by molar-refractivity contribution is 6.32. The fourth-order valence-electron chi connectivity index (χ4n) is 2.13. The van der Waals surface area contributed by atoms with Crippen LogP contribution in [0.5, 0.6) is 11.5 Å². The van der Waals surface area contributed by atoms with Crippen molar-refractivity contribution in [1.29, 1.82) is 0 Å². The van der Waals surface area contributed by atoms with Crippen molar-refractivity contribution in [3.05, 3.63) is 22.7 Å². The Morgan fingerprint density at radius 2 is 1.89 bits per heavy atom. The minimum atomic E-state index is -0.939. The molecule has 1 saturated carbocycles. The number of ether oxygens (including phenoxy) is 2. The molecule has 1 N–H and O–H groups in total. The summed E-state index contributed by atoms with van der Waals surface area (Å²) in [6, 6.07) is 3.57. The van der Waals surface area contributed by atoms with E-state index in [1.165, 1.54) is 0 Å². The maximum absolute atomic E-state index is 10.0. The molecule has 0 saturated heterocycles. The third-order valence-electron chi connectivity index (χ3n) is 3.73. The van der Waals surface area contributed by atoms with E-state index in [1.54, 1.807) is 19.9 Å². The first-order valence-electron chi connectivity index (χ1n) is 6.22. The summed E-state index contributed by atoms with van der Waals surface area (Å²) in [6.07, 6.45) is 2.30. The highest BCUT2D eigenvalue weighted by Gasteiger charge is 2.46. The van der Waals surface area contributed by atoms with Crippen molar-refractivity contribution >= 4 is 11.6 Å². The predicted molar refractivity (Wildman–Crippen MR) is 69.4 cm³/mol. The van der Waals surface area contributed by atoms with Crippen molar-refractivity contribution in [2.75, 3.05) is 13.2 Å². The molecule has 1 aromatic rings. The maximum Gasteiger partial charge on any atom is 0.179 e. The van der Waals surface area contributed by atoms with Crippen LogP contribution in [0.15, 0.2) is 12.1 Å². The molecule has 1 aromatic carbocycles. The lowest BCUT2D eigenvalue weighted by atomic mass is 9.98. The normalized spacial score (nSPS) is 20.7. The Morgan fingerprint density at radius 3 is 2.50 bits per heavy atom. The number of hydrogen-bond donors (Lipinski definition) is 1. The molecule has 1 spiro atoms. The lowest BCUT2D eigenvalue weighted by Gasteiger charge is -2.20. The van der Waals surface area contributed by atoms with Crippen molar-refractivity contribution in [1.82, 2.24) is 0 Å². The van der Waals surface area contributed by atoms with Crippen molar-refractivity contribution in [3.8, 4) is 11.5 Å². The van der Waals surface area contributed by atoms with Crippen molar-refractivity contribution < 1.29 is 14.6 Å². The average molecular weight is 269 g/mol. The van der Waals surface area contributed by atoms with Gasteiger partial charge >= 0.3 is 0 Å². The van der Waals surface area contributed by atoms with Crippen LogP contribution in [0.25, 0.3) is 0 Å². The molecule has 2 aliphatic rings. The van der Waals surface area contributed by atoms with Crippen LogP contribution in [-0.2, 0) is 5.60 Å². The zero-order chi connectivity index (χ0) is 13.0. The second-order valence-electron chi connectivity index (χ2n) is 5.92. The SMILES string of the molecule is CC(C)(O)c1cc(Cl)c2c(c1)OCC1(CC1)CO2. The average Bonchev–Trinajstić information content (AvgIpc) is 3.06. The molecule has 3 nitrogen and oxygen atoms in total. The molecule has 1 aliphatic heterocycles. The lowest BCUT2D eigenvalue weighted by Crippen LogP contribution is -2.17. The highest BCUT2D eigenvalue weighted by atomic mass is 35.5. The van der Waals surface area contributed by atoms with Gasteiger partial charge in [-0.1, -0.05) is 11.6 Å². The standard InChI is InChI=1S/C14H17ClO3/c1-13(2,16)9-5-10(15)12-11(6-9)17-7-14(3-4-14)8-18-12/h5-6,16H,3-4,7-8H2,1-2H3. The van der Waals surface area contributed by atoms with Crippen molar-refractivity contribution in [2.24, 2.45) is 5.41 Å². The molecule has 1 fully saturated rings. The van der Waals surface area contributed by atoms with E-state index in [1.807, 2.05) is 6.07 Å². The van der Waals surface area contributed by atoms with Crippen LogP contribution in [0.1, 0.15) is 32.3 Å². The molecule has 0 atom stereocenters. The van der Waals surface area contributed by atoms with Crippen LogP contribution >= 0.6 is 11.6 Å². The van der Waals surface area contributed by atoms with Gasteiger partial charge in [0.25, 0.3) is 0 Å². The number of hydrogen-bond acceptors (Lipinski definition) is 3. The molecule has 0 amide bonds. The molecular formula is C14H17ClO3. The topological polar surface area (TPSA) is 38.7 Å². The summed E-state index contributed by atoms with van der Waals surface area (Å²) in [6.45, 7) is 4.79. The Balaban J connectivity index is 1.99. The fraction of sp³-hybridized carbons (Fsp3) is 0.571. The van der Waals surface area contributed by atoms with E-state index in [0.717, 1.165) is 18.4 Å². The lowest BCUT2D eigenvalue weighted by molar-refractivity contribution is 0.0782. The van der Waals surface area contributed by atoms with Crippen LogP contribution in [0.3, 0.4) is 0 Å². The van der Waals surface area contributed by atoms with E-state index in [2.05, 4.69) is 0 Å². The van der Waals surface area contributed by atoms with Gasteiger partial charge in [0.15, 0.2) is 11.5 Å². The van der Waals surface area contributed by atoms with Crippen LogP contribution in [0, 0.1) is 5.41 Å². The van der Waals surface area contributed by atoms with Crippen molar-refractivity contribution in [3.63, 3.8) is 0 Å². The molecular weight excluding hydrogens is 252 g/mol. The van der Waals surface area contributed by atoms with Crippen molar-refractivity contribution in [2.45, 2.75) is 32.3 Å². The third-order valence-corrected chi connectivity index (χ3v) is 4.01. The summed E-state index contributed by atoms with van der Waals surface area (Å²) in [5.74, 6) is 1.25. The van der Waals surface area contributed by atoms with Crippen LogP contribution in [0.4, 0.5) is 0 Å². The number of rotatable bonds is 1. The zero-order valence-corrected chi connectivity index (χ0v) is 11.4. The molecule has 3 rings (SSSR count). The van der Waals surface area contributed by atoms with Gasteiger partial charge in [-0.2, -0.15) is 0 Å². The van der Waals surface area contributed by atoms with Gasteiger partial charge in [0.2, 0.25) is 0 Å². The van der Waals surface area contributed by atoms with E-state index in [-0.39, 0.29) is 5.41 Å². The van der Waals surface area contributed by atoms with Gasteiger partial charge in [-0.05, 0) is 44.4 Å². The second-order valence-corrected chi connectivity index (χ2v) is 6.33. The van der Waals surface area contributed by atoms with E-state index in [9.17, 15) is 5.11 Å². The molecule has 1 aliphatic carbocycles. The summed E-state index contributed by atoms with van der Waals surface area (Å²) in [5.41, 5.74) is -0.00959. The monoisotopic (exact) mass is 268 g/mol. The first kappa shape index (κ1) is 12.1. The van der Waals surface area contributed by atoms with Gasteiger partial charge in [0.1, 0.15) is 0 Å². The summed E-state index contributed by atoms with van der Waals surface area (Å²) in [7, 11) is 0. The predicted octanol–water partition coefficient (Wildman–Crippen LogP) is 3.12. The minimum absolute atomic E-state index is 0.192. The number of halogens is 1. The van der Waals surface area contributed by atoms with Crippen LogP contribution in [0.2, 0.25) is 5.02 Å². The highest BCUT2D eigenvalue weighted by Crippen LogP contribution is 2.50. The van der Waals surface area contributed by atoms with Gasteiger partial charge in [-0.25, -0.2) is 0 Å². The first-order valence-corrected chi connectivity index (χ1v) is 6.60. The minimum Gasteiger partial charge on any atom is -0.489 e. The smallest absolute Gasteiger partial charge is 0.179 e. The van der Waals surface area contributed by atoms with Crippen LogP contribution < -0.4 is 9.47 Å². The molecule has 98 valence electrons. The molecule has 4 heteroatoms. The molecule has 0 bridgehead atoms.